The zero-order valence-electron chi connectivity index (χ0n) is 17.3. The van der Waals surface area contributed by atoms with E-state index >= 15 is 0 Å². The predicted molar refractivity (Wildman–Crippen MR) is 113 cm³/mol. The molecule has 160 valence electrons. The van der Waals surface area contributed by atoms with Crippen molar-refractivity contribution in [2.75, 3.05) is 5.32 Å². The van der Waals surface area contributed by atoms with Crippen molar-refractivity contribution in [3.05, 3.63) is 54.6 Å². The average molecular weight is 413 g/mol. The van der Waals surface area contributed by atoms with E-state index in [1.807, 2.05) is 30.3 Å². The molecule has 0 heterocycles. The van der Waals surface area contributed by atoms with Crippen LogP contribution in [0.3, 0.4) is 0 Å². The third kappa shape index (κ3) is 8.22. The summed E-state index contributed by atoms with van der Waals surface area (Å²) in [7, 11) is 0. The molecule has 0 unspecified atom stereocenters. The number of carbonyl (C=O) groups is 3. The summed E-state index contributed by atoms with van der Waals surface area (Å²) in [4.78, 5) is 35.6. The standard InChI is InChI=1S/C22H27N3O5/c1-22(2,3)30-21(28)25-18(20(23)27)13-14-19(26)24-15-9-11-17(12-10-15)29-16-7-5-4-6-8-16/h4-12,18H,13-14H2,1-3H3,(H2,23,27)(H,24,26)(H,25,28)/t18-/m0/s1. The Kier molecular flexibility index (Phi) is 7.80. The van der Waals surface area contributed by atoms with Gasteiger partial charge < -0.3 is 25.8 Å². The van der Waals surface area contributed by atoms with Crippen LogP contribution in [-0.4, -0.2) is 29.6 Å². The minimum absolute atomic E-state index is 0.00826. The summed E-state index contributed by atoms with van der Waals surface area (Å²) in [5.74, 6) is 0.291. The SMILES string of the molecule is CC(C)(C)OC(=O)N[C@@H](CCC(=O)Nc1ccc(Oc2ccccc2)cc1)C(N)=O. The molecule has 0 aliphatic heterocycles. The molecule has 0 aliphatic carbocycles. The predicted octanol–water partition coefficient (Wildman–Crippen LogP) is 3.58. The Balaban J connectivity index is 1.83. The monoisotopic (exact) mass is 413 g/mol. The summed E-state index contributed by atoms with van der Waals surface area (Å²) in [6.45, 7) is 5.11. The number of benzene rings is 2. The molecular formula is C22H27N3O5. The van der Waals surface area contributed by atoms with Crippen LogP contribution < -0.4 is 21.1 Å². The van der Waals surface area contributed by atoms with Crippen LogP contribution in [0.4, 0.5) is 10.5 Å². The van der Waals surface area contributed by atoms with Crippen LogP contribution in [0.15, 0.2) is 54.6 Å². The lowest BCUT2D eigenvalue weighted by atomic mass is 10.1. The van der Waals surface area contributed by atoms with Gasteiger partial charge in [-0.2, -0.15) is 0 Å². The Morgan fingerprint density at radius 2 is 1.57 bits per heavy atom. The number of nitrogens with one attached hydrogen (secondary N) is 2. The van der Waals surface area contributed by atoms with E-state index in [1.54, 1.807) is 45.0 Å². The molecule has 0 bridgehead atoms. The first-order valence-electron chi connectivity index (χ1n) is 9.54. The molecule has 0 fully saturated rings. The van der Waals surface area contributed by atoms with Crippen LogP contribution >= 0.6 is 0 Å². The van der Waals surface area contributed by atoms with E-state index in [2.05, 4.69) is 10.6 Å². The second-order valence-corrected chi connectivity index (χ2v) is 7.63. The molecule has 0 spiro atoms. The Hall–Kier alpha value is -3.55. The number of hydrogen-bond acceptors (Lipinski definition) is 5. The topological polar surface area (TPSA) is 120 Å². The quantitative estimate of drug-likeness (QED) is 0.611. The minimum atomic E-state index is -1.01. The van der Waals surface area contributed by atoms with E-state index in [4.69, 9.17) is 15.2 Å². The van der Waals surface area contributed by atoms with Crippen molar-refractivity contribution in [2.24, 2.45) is 5.73 Å². The van der Waals surface area contributed by atoms with Crippen LogP contribution in [0, 0.1) is 0 Å². The number of amides is 3. The van der Waals surface area contributed by atoms with Gasteiger partial charge in [-0.05, 0) is 63.6 Å². The molecule has 4 N–H and O–H groups in total. The lowest BCUT2D eigenvalue weighted by molar-refractivity contribution is -0.120. The molecule has 0 radical (unpaired) electrons. The molecule has 8 heteroatoms. The summed E-state index contributed by atoms with van der Waals surface area (Å²) in [5, 5.41) is 5.12. The Morgan fingerprint density at radius 3 is 2.13 bits per heavy atom. The fourth-order valence-corrected chi connectivity index (χ4v) is 2.47. The van der Waals surface area contributed by atoms with Crippen molar-refractivity contribution in [1.29, 1.82) is 0 Å². The van der Waals surface area contributed by atoms with Gasteiger partial charge in [-0.15, -0.1) is 0 Å². The molecule has 3 amide bonds. The number of ether oxygens (including phenoxy) is 2. The largest absolute Gasteiger partial charge is 0.457 e. The van der Waals surface area contributed by atoms with Gasteiger partial charge in [-0.3, -0.25) is 9.59 Å². The van der Waals surface area contributed by atoms with Gasteiger partial charge in [0.05, 0.1) is 0 Å². The number of primary amides is 1. The van der Waals surface area contributed by atoms with Gasteiger partial charge >= 0.3 is 6.09 Å². The molecule has 2 aromatic rings. The molecular weight excluding hydrogens is 386 g/mol. The second-order valence-electron chi connectivity index (χ2n) is 7.63. The van der Waals surface area contributed by atoms with Gasteiger partial charge in [0.1, 0.15) is 23.1 Å². The summed E-state index contributed by atoms with van der Waals surface area (Å²) < 4.78 is 10.8. The molecule has 0 saturated carbocycles. The van der Waals surface area contributed by atoms with Crippen LogP contribution in [0.5, 0.6) is 11.5 Å². The fourth-order valence-electron chi connectivity index (χ4n) is 2.47. The van der Waals surface area contributed by atoms with Gasteiger partial charge in [-0.25, -0.2) is 4.79 Å². The highest BCUT2D eigenvalue weighted by Crippen LogP contribution is 2.22. The highest BCUT2D eigenvalue weighted by atomic mass is 16.6. The third-order valence-corrected chi connectivity index (χ3v) is 3.81. The smallest absolute Gasteiger partial charge is 0.408 e. The zero-order chi connectivity index (χ0) is 22.1. The van der Waals surface area contributed by atoms with Gasteiger partial charge in [0.15, 0.2) is 0 Å². The maximum Gasteiger partial charge on any atom is 0.408 e. The molecule has 2 aromatic carbocycles. The summed E-state index contributed by atoms with van der Waals surface area (Å²) >= 11 is 0. The van der Waals surface area contributed by atoms with E-state index in [-0.39, 0.29) is 18.7 Å². The van der Waals surface area contributed by atoms with Crippen molar-refractivity contribution in [3.63, 3.8) is 0 Å². The van der Waals surface area contributed by atoms with Crippen LogP contribution in [-0.2, 0) is 14.3 Å². The first-order chi connectivity index (χ1) is 14.1. The molecule has 0 saturated heterocycles. The lowest BCUT2D eigenvalue weighted by Gasteiger charge is -2.22. The molecule has 2 rings (SSSR count). The van der Waals surface area contributed by atoms with Crippen molar-refractivity contribution in [3.8, 4) is 11.5 Å². The summed E-state index contributed by atoms with van der Waals surface area (Å²) in [6, 6.07) is 15.2. The summed E-state index contributed by atoms with van der Waals surface area (Å²) in [5.41, 5.74) is 5.18. The number of anilines is 1. The highest BCUT2D eigenvalue weighted by molar-refractivity contribution is 5.91. The van der Waals surface area contributed by atoms with Crippen LogP contribution in [0.25, 0.3) is 0 Å². The number of hydrogen-bond donors (Lipinski definition) is 3. The third-order valence-electron chi connectivity index (χ3n) is 3.81. The van der Waals surface area contributed by atoms with E-state index in [0.717, 1.165) is 0 Å². The van der Waals surface area contributed by atoms with E-state index in [0.29, 0.717) is 17.2 Å². The molecule has 30 heavy (non-hydrogen) atoms. The molecule has 8 nitrogen and oxygen atoms in total. The second kappa shape index (κ2) is 10.3. The zero-order valence-corrected chi connectivity index (χ0v) is 17.3. The number of nitrogens with two attached hydrogens (primary N) is 1. The van der Waals surface area contributed by atoms with Crippen LogP contribution in [0.2, 0.25) is 0 Å². The minimum Gasteiger partial charge on any atom is -0.457 e. The van der Waals surface area contributed by atoms with Crippen molar-refractivity contribution >= 4 is 23.6 Å². The van der Waals surface area contributed by atoms with E-state index in [9.17, 15) is 14.4 Å². The number of carbonyl (C=O) groups excluding carboxylic acids is 3. The molecule has 0 aromatic heterocycles. The first kappa shape index (κ1) is 22.7. The maximum atomic E-state index is 12.2. The lowest BCUT2D eigenvalue weighted by Crippen LogP contribution is -2.46. The van der Waals surface area contributed by atoms with E-state index < -0.39 is 23.6 Å². The Labute approximate surface area is 175 Å². The number of alkyl carbamates (subject to hydrolysis) is 1. The normalized spacial score (nSPS) is 11.8. The highest BCUT2D eigenvalue weighted by Gasteiger charge is 2.23. The maximum absolute atomic E-state index is 12.2. The molecule has 1 atom stereocenters. The summed E-state index contributed by atoms with van der Waals surface area (Å²) in [6.07, 6.45) is -0.720. The van der Waals surface area contributed by atoms with Gasteiger partial charge in [0.25, 0.3) is 0 Å². The Bertz CT molecular complexity index is 861. The first-order valence-corrected chi connectivity index (χ1v) is 9.54. The number of para-hydroxylation sites is 1. The van der Waals surface area contributed by atoms with Gasteiger partial charge in [0.2, 0.25) is 11.8 Å². The van der Waals surface area contributed by atoms with Gasteiger partial charge in [-0.1, -0.05) is 18.2 Å². The Morgan fingerprint density at radius 1 is 0.967 bits per heavy atom. The average Bonchev–Trinajstić information content (AvgIpc) is 2.66. The van der Waals surface area contributed by atoms with E-state index in [1.165, 1.54) is 0 Å². The van der Waals surface area contributed by atoms with Crippen molar-refractivity contribution in [2.45, 2.75) is 45.3 Å². The molecule has 0 aliphatic rings. The van der Waals surface area contributed by atoms with Crippen molar-refractivity contribution < 1.29 is 23.9 Å². The fraction of sp³-hybridized carbons (Fsp3) is 0.318. The van der Waals surface area contributed by atoms with Crippen LogP contribution in [0.1, 0.15) is 33.6 Å². The van der Waals surface area contributed by atoms with Crippen molar-refractivity contribution in [1.82, 2.24) is 5.32 Å². The number of rotatable bonds is 8. The van der Waals surface area contributed by atoms with Gasteiger partial charge in [0, 0.05) is 12.1 Å².